The summed E-state index contributed by atoms with van der Waals surface area (Å²) in [5.74, 6) is 0. The van der Waals surface area contributed by atoms with Crippen molar-refractivity contribution >= 4 is 0 Å². The van der Waals surface area contributed by atoms with Crippen molar-refractivity contribution in [2.24, 2.45) is 5.41 Å². The van der Waals surface area contributed by atoms with Crippen molar-refractivity contribution in [3.63, 3.8) is 0 Å². The number of ether oxygens (including phenoxy) is 1. The third-order valence-electron chi connectivity index (χ3n) is 5.82. The molecule has 4 nitrogen and oxygen atoms in total. The molecule has 1 atom stereocenters. The van der Waals surface area contributed by atoms with Crippen molar-refractivity contribution < 1.29 is 4.74 Å². The lowest BCUT2D eigenvalue weighted by atomic mass is 9.79. The van der Waals surface area contributed by atoms with Gasteiger partial charge in [0.2, 0.25) is 0 Å². The van der Waals surface area contributed by atoms with E-state index in [1.165, 1.54) is 71.2 Å². The Morgan fingerprint density at radius 3 is 2.57 bits per heavy atom. The van der Waals surface area contributed by atoms with E-state index >= 15 is 0 Å². The van der Waals surface area contributed by atoms with E-state index in [9.17, 15) is 0 Å². The highest BCUT2D eigenvalue weighted by atomic mass is 16.5. The summed E-state index contributed by atoms with van der Waals surface area (Å²) < 4.78 is 5.60. The van der Waals surface area contributed by atoms with Crippen LogP contribution in [0.5, 0.6) is 0 Å². The second-order valence-corrected chi connectivity index (χ2v) is 7.42. The molecule has 1 N–H and O–H groups in total. The average Bonchev–Trinajstić information content (AvgIpc) is 2.97. The van der Waals surface area contributed by atoms with E-state index in [1.807, 2.05) is 0 Å². The molecule has 0 amide bonds. The molecular formula is C17H33N3O. The topological polar surface area (TPSA) is 27.7 Å². The Morgan fingerprint density at radius 2 is 1.86 bits per heavy atom. The molecule has 0 aromatic heterocycles. The summed E-state index contributed by atoms with van der Waals surface area (Å²) in [5, 5.41) is 3.43. The van der Waals surface area contributed by atoms with E-state index in [0.29, 0.717) is 5.41 Å². The summed E-state index contributed by atoms with van der Waals surface area (Å²) in [6, 6.07) is 0.830. The first-order chi connectivity index (χ1) is 10.3. The molecule has 1 unspecified atom stereocenters. The minimum absolute atomic E-state index is 0.448. The Morgan fingerprint density at radius 1 is 1.10 bits per heavy atom. The van der Waals surface area contributed by atoms with Crippen molar-refractivity contribution in [2.75, 3.05) is 59.5 Å². The van der Waals surface area contributed by atoms with Crippen LogP contribution in [-0.2, 0) is 4.74 Å². The molecule has 0 aromatic carbocycles. The van der Waals surface area contributed by atoms with Gasteiger partial charge in [-0.1, -0.05) is 6.42 Å². The molecule has 0 aliphatic carbocycles. The quantitative estimate of drug-likeness (QED) is 0.833. The molecule has 4 heteroatoms. The van der Waals surface area contributed by atoms with Gasteiger partial charge in [0, 0.05) is 38.9 Å². The van der Waals surface area contributed by atoms with Crippen molar-refractivity contribution in [1.29, 1.82) is 0 Å². The van der Waals surface area contributed by atoms with Crippen LogP contribution >= 0.6 is 0 Å². The predicted molar refractivity (Wildman–Crippen MR) is 86.7 cm³/mol. The van der Waals surface area contributed by atoms with Gasteiger partial charge in [-0.2, -0.15) is 0 Å². The molecule has 3 aliphatic heterocycles. The fraction of sp³-hybridized carbons (Fsp3) is 1.00. The molecule has 21 heavy (non-hydrogen) atoms. The standard InChI is InChI=1S/C17H33N3O/c1-18-14-17(6-11-21-12-7-17)15-19-10-5-16(13-19)20-8-3-2-4-9-20/h16,18H,2-15H2,1H3. The van der Waals surface area contributed by atoms with Crippen LogP contribution in [0.25, 0.3) is 0 Å². The summed E-state index contributed by atoms with van der Waals surface area (Å²) >= 11 is 0. The Kier molecular flexibility index (Phi) is 5.54. The maximum absolute atomic E-state index is 5.60. The minimum atomic E-state index is 0.448. The van der Waals surface area contributed by atoms with Gasteiger partial charge in [-0.05, 0) is 64.2 Å². The third-order valence-corrected chi connectivity index (χ3v) is 5.82. The molecule has 3 saturated heterocycles. The number of piperidine rings is 1. The molecule has 3 rings (SSSR count). The largest absolute Gasteiger partial charge is 0.381 e. The lowest BCUT2D eigenvalue weighted by Crippen LogP contribution is -2.47. The number of hydrogen-bond acceptors (Lipinski definition) is 4. The number of hydrogen-bond donors (Lipinski definition) is 1. The Labute approximate surface area is 130 Å². The van der Waals surface area contributed by atoms with Gasteiger partial charge in [0.15, 0.2) is 0 Å². The van der Waals surface area contributed by atoms with E-state index in [-0.39, 0.29) is 0 Å². The molecule has 3 fully saturated rings. The van der Waals surface area contributed by atoms with Crippen LogP contribution in [0.15, 0.2) is 0 Å². The average molecular weight is 295 g/mol. The van der Waals surface area contributed by atoms with Crippen molar-refractivity contribution in [3.8, 4) is 0 Å². The Hall–Kier alpha value is -0.160. The van der Waals surface area contributed by atoms with Gasteiger partial charge in [0.25, 0.3) is 0 Å². The molecular weight excluding hydrogens is 262 g/mol. The van der Waals surface area contributed by atoms with Crippen LogP contribution in [-0.4, -0.2) is 75.4 Å². The van der Waals surface area contributed by atoms with Crippen LogP contribution in [0.1, 0.15) is 38.5 Å². The smallest absolute Gasteiger partial charge is 0.0472 e. The predicted octanol–water partition coefficient (Wildman–Crippen LogP) is 1.56. The molecule has 0 bridgehead atoms. The first-order valence-electron chi connectivity index (χ1n) is 9.00. The minimum Gasteiger partial charge on any atom is -0.381 e. The van der Waals surface area contributed by atoms with E-state index in [0.717, 1.165) is 25.8 Å². The van der Waals surface area contributed by atoms with Crippen LogP contribution in [0.2, 0.25) is 0 Å². The van der Waals surface area contributed by atoms with E-state index in [2.05, 4.69) is 22.2 Å². The highest BCUT2D eigenvalue weighted by Gasteiger charge is 2.37. The second kappa shape index (κ2) is 7.40. The van der Waals surface area contributed by atoms with Gasteiger partial charge in [-0.15, -0.1) is 0 Å². The monoisotopic (exact) mass is 295 g/mol. The van der Waals surface area contributed by atoms with Gasteiger partial charge >= 0.3 is 0 Å². The Balaban J connectivity index is 1.52. The van der Waals surface area contributed by atoms with E-state index in [4.69, 9.17) is 4.74 Å². The van der Waals surface area contributed by atoms with Crippen LogP contribution in [0.3, 0.4) is 0 Å². The SMILES string of the molecule is CNCC1(CN2CCC(N3CCCCC3)C2)CCOCC1. The van der Waals surface area contributed by atoms with Crippen LogP contribution in [0.4, 0.5) is 0 Å². The summed E-state index contributed by atoms with van der Waals surface area (Å²) in [4.78, 5) is 5.50. The first-order valence-corrected chi connectivity index (χ1v) is 9.00. The van der Waals surface area contributed by atoms with Crippen molar-refractivity contribution in [1.82, 2.24) is 15.1 Å². The zero-order valence-corrected chi connectivity index (χ0v) is 13.8. The van der Waals surface area contributed by atoms with Crippen molar-refractivity contribution in [2.45, 2.75) is 44.6 Å². The van der Waals surface area contributed by atoms with Crippen molar-refractivity contribution in [3.05, 3.63) is 0 Å². The number of nitrogens with zero attached hydrogens (tertiary/aromatic N) is 2. The molecule has 0 aromatic rings. The van der Waals surface area contributed by atoms with Gasteiger partial charge in [-0.25, -0.2) is 0 Å². The molecule has 0 saturated carbocycles. The lowest BCUT2D eigenvalue weighted by Gasteiger charge is -2.40. The summed E-state index contributed by atoms with van der Waals surface area (Å²) in [7, 11) is 2.09. The zero-order valence-electron chi connectivity index (χ0n) is 13.8. The molecule has 0 radical (unpaired) electrons. The van der Waals surface area contributed by atoms with Gasteiger partial charge in [0.05, 0.1) is 0 Å². The molecule has 122 valence electrons. The highest BCUT2D eigenvalue weighted by molar-refractivity contribution is 4.91. The van der Waals surface area contributed by atoms with Crippen LogP contribution in [0, 0.1) is 5.41 Å². The van der Waals surface area contributed by atoms with E-state index < -0.39 is 0 Å². The highest BCUT2D eigenvalue weighted by Crippen LogP contribution is 2.32. The van der Waals surface area contributed by atoms with Crippen LogP contribution < -0.4 is 5.32 Å². The third kappa shape index (κ3) is 3.98. The first kappa shape index (κ1) is 15.7. The number of rotatable bonds is 5. The second-order valence-electron chi connectivity index (χ2n) is 7.42. The molecule has 0 spiro atoms. The van der Waals surface area contributed by atoms with Gasteiger partial charge in [0.1, 0.15) is 0 Å². The zero-order chi connectivity index (χ0) is 14.5. The lowest BCUT2D eigenvalue weighted by molar-refractivity contribution is -0.00118. The maximum atomic E-state index is 5.60. The molecule has 3 heterocycles. The Bertz CT molecular complexity index is 306. The van der Waals surface area contributed by atoms with Gasteiger partial charge < -0.3 is 15.0 Å². The normalized spacial score (nSPS) is 31.6. The maximum Gasteiger partial charge on any atom is 0.0472 e. The fourth-order valence-electron chi connectivity index (χ4n) is 4.58. The summed E-state index contributed by atoms with van der Waals surface area (Å²) in [6.45, 7) is 9.58. The summed E-state index contributed by atoms with van der Waals surface area (Å²) in [5.41, 5.74) is 0.448. The summed E-state index contributed by atoms with van der Waals surface area (Å²) in [6.07, 6.45) is 8.09. The molecule has 3 aliphatic rings. The van der Waals surface area contributed by atoms with E-state index in [1.54, 1.807) is 0 Å². The number of nitrogens with one attached hydrogen (secondary N) is 1. The number of likely N-dealkylation sites (tertiary alicyclic amines) is 2. The fourth-order valence-corrected chi connectivity index (χ4v) is 4.58. The van der Waals surface area contributed by atoms with Gasteiger partial charge in [-0.3, -0.25) is 4.90 Å².